The van der Waals surface area contributed by atoms with Gasteiger partial charge in [0.1, 0.15) is 11.6 Å². The summed E-state index contributed by atoms with van der Waals surface area (Å²) >= 11 is 0. The van der Waals surface area contributed by atoms with E-state index in [4.69, 9.17) is 9.47 Å². The van der Waals surface area contributed by atoms with Gasteiger partial charge in [0, 0.05) is 6.07 Å². The molecule has 0 spiro atoms. The summed E-state index contributed by atoms with van der Waals surface area (Å²) in [7, 11) is 1.55. The molecule has 1 N–H and O–H groups in total. The van der Waals surface area contributed by atoms with Crippen molar-refractivity contribution in [3.05, 3.63) is 53.5 Å². The number of benzene rings is 1. The van der Waals surface area contributed by atoms with Gasteiger partial charge in [-0.2, -0.15) is 0 Å². The number of nitrogens with zero attached hydrogens (tertiary/aromatic N) is 1. The Hall–Kier alpha value is -2.63. The molecule has 0 saturated heterocycles. The van der Waals surface area contributed by atoms with Gasteiger partial charge in [-0.25, -0.2) is 9.37 Å². The number of methoxy groups -OCH3 is 1. The number of ether oxygens (including phenoxy) is 2. The SMILES string of the molecule is COc1cc(C2CCC(COc3cccc(C(CC(=O)O)C4CC4)c3)C(C)C2)c(F)cn1. The molecule has 172 valence electrons. The lowest BCUT2D eigenvalue weighted by Crippen LogP contribution is -2.27. The molecule has 2 aromatic rings. The molecule has 0 bridgehead atoms. The van der Waals surface area contributed by atoms with Crippen LogP contribution < -0.4 is 9.47 Å². The topological polar surface area (TPSA) is 68.7 Å². The lowest BCUT2D eigenvalue weighted by molar-refractivity contribution is -0.137. The van der Waals surface area contributed by atoms with E-state index in [1.165, 1.54) is 6.20 Å². The molecule has 4 rings (SSSR count). The Morgan fingerprint density at radius 3 is 2.75 bits per heavy atom. The fourth-order valence-corrected chi connectivity index (χ4v) is 5.13. The molecular weight excluding hydrogens is 409 g/mol. The maximum atomic E-state index is 14.3. The van der Waals surface area contributed by atoms with Crippen molar-refractivity contribution in [2.45, 2.75) is 57.3 Å². The van der Waals surface area contributed by atoms with Crippen molar-refractivity contribution in [3.63, 3.8) is 0 Å². The zero-order chi connectivity index (χ0) is 22.7. The third-order valence-electron chi connectivity index (χ3n) is 7.19. The first-order valence-electron chi connectivity index (χ1n) is 11.6. The number of carboxylic acid groups (broad SMARTS) is 1. The van der Waals surface area contributed by atoms with Crippen LogP contribution >= 0.6 is 0 Å². The Bertz CT molecular complexity index is 945. The predicted molar refractivity (Wildman–Crippen MR) is 120 cm³/mol. The zero-order valence-corrected chi connectivity index (χ0v) is 18.8. The van der Waals surface area contributed by atoms with Crippen LogP contribution in [0.15, 0.2) is 36.5 Å². The molecule has 1 aromatic heterocycles. The van der Waals surface area contributed by atoms with Crippen LogP contribution in [-0.2, 0) is 4.79 Å². The van der Waals surface area contributed by atoms with E-state index in [0.29, 0.717) is 35.8 Å². The van der Waals surface area contributed by atoms with E-state index < -0.39 is 5.97 Å². The van der Waals surface area contributed by atoms with Gasteiger partial charge >= 0.3 is 5.97 Å². The van der Waals surface area contributed by atoms with Crippen molar-refractivity contribution >= 4 is 5.97 Å². The Morgan fingerprint density at radius 1 is 1.25 bits per heavy atom. The van der Waals surface area contributed by atoms with Gasteiger partial charge in [-0.1, -0.05) is 19.1 Å². The van der Waals surface area contributed by atoms with Crippen molar-refractivity contribution in [1.82, 2.24) is 4.98 Å². The molecule has 0 amide bonds. The van der Waals surface area contributed by atoms with Crippen LogP contribution in [0.2, 0.25) is 0 Å². The van der Waals surface area contributed by atoms with Crippen LogP contribution in [0.1, 0.15) is 68.4 Å². The van der Waals surface area contributed by atoms with Crippen LogP contribution in [0.5, 0.6) is 11.6 Å². The number of rotatable bonds is 9. The minimum Gasteiger partial charge on any atom is -0.493 e. The van der Waals surface area contributed by atoms with E-state index in [2.05, 4.69) is 11.9 Å². The molecule has 6 heteroatoms. The van der Waals surface area contributed by atoms with Crippen LogP contribution in [0.4, 0.5) is 4.39 Å². The second-order valence-electron chi connectivity index (χ2n) is 9.42. The third kappa shape index (κ3) is 5.40. The number of aliphatic carboxylic acids is 1. The number of carbonyl (C=O) groups is 1. The standard InChI is InChI=1S/C26H32FNO4/c1-16-10-19(23-12-25(31-2)28-14-24(23)27)8-9-20(16)15-32-21-5-3-4-18(11-21)22(13-26(29)30)17-6-7-17/h3-5,11-12,14,16-17,19-20,22H,6-10,13,15H2,1-2H3,(H,29,30). The quantitative estimate of drug-likeness (QED) is 0.533. The summed E-state index contributed by atoms with van der Waals surface area (Å²) in [6.45, 7) is 2.83. The molecule has 4 atom stereocenters. The van der Waals surface area contributed by atoms with Gasteiger partial charge in [-0.05, 0) is 85.0 Å². The monoisotopic (exact) mass is 441 g/mol. The summed E-state index contributed by atoms with van der Waals surface area (Å²) in [5.41, 5.74) is 1.76. The highest BCUT2D eigenvalue weighted by Crippen LogP contribution is 2.45. The summed E-state index contributed by atoms with van der Waals surface area (Å²) in [5, 5.41) is 9.28. The van der Waals surface area contributed by atoms with Crippen LogP contribution in [0.3, 0.4) is 0 Å². The lowest BCUT2D eigenvalue weighted by Gasteiger charge is -2.34. The Morgan fingerprint density at radius 2 is 2.06 bits per heavy atom. The van der Waals surface area contributed by atoms with Gasteiger partial charge < -0.3 is 14.6 Å². The first-order chi connectivity index (χ1) is 15.4. The second kappa shape index (κ2) is 9.88. The molecule has 2 aliphatic rings. The van der Waals surface area contributed by atoms with E-state index in [1.807, 2.05) is 24.3 Å². The van der Waals surface area contributed by atoms with Crippen LogP contribution in [0, 0.1) is 23.6 Å². The average Bonchev–Trinajstić information content (AvgIpc) is 3.62. The number of hydrogen-bond acceptors (Lipinski definition) is 4. The number of halogens is 1. The number of hydrogen-bond donors (Lipinski definition) is 1. The van der Waals surface area contributed by atoms with Crippen LogP contribution in [0.25, 0.3) is 0 Å². The fraction of sp³-hybridized carbons (Fsp3) is 0.538. The minimum atomic E-state index is -0.748. The third-order valence-corrected chi connectivity index (χ3v) is 7.19. The van der Waals surface area contributed by atoms with E-state index in [1.54, 1.807) is 13.2 Å². The molecule has 5 nitrogen and oxygen atoms in total. The Kier molecular flexibility index (Phi) is 6.97. The average molecular weight is 442 g/mol. The highest BCUT2D eigenvalue weighted by molar-refractivity contribution is 5.68. The molecule has 1 aromatic carbocycles. The van der Waals surface area contributed by atoms with Crippen molar-refractivity contribution in [3.8, 4) is 11.6 Å². The summed E-state index contributed by atoms with van der Waals surface area (Å²) in [6, 6.07) is 9.67. The molecule has 0 aliphatic heterocycles. The summed E-state index contributed by atoms with van der Waals surface area (Å²) in [5.74, 6) is 1.76. The first-order valence-corrected chi connectivity index (χ1v) is 11.6. The maximum Gasteiger partial charge on any atom is 0.303 e. The van der Waals surface area contributed by atoms with E-state index >= 15 is 0 Å². The van der Waals surface area contributed by atoms with Crippen LogP contribution in [-0.4, -0.2) is 29.8 Å². The highest BCUT2D eigenvalue weighted by atomic mass is 19.1. The molecule has 0 radical (unpaired) electrons. The molecule has 2 aliphatic carbocycles. The molecule has 2 saturated carbocycles. The van der Waals surface area contributed by atoms with Crippen molar-refractivity contribution < 1.29 is 23.8 Å². The Labute approximate surface area is 189 Å². The minimum absolute atomic E-state index is 0.0673. The Balaban J connectivity index is 1.36. The largest absolute Gasteiger partial charge is 0.493 e. The molecule has 32 heavy (non-hydrogen) atoms. The second-order valence-corrected chi connectivity index (χ2v) is 9.42. The fourth-order valence-electron chi connectivity index (χ4n) is 5.13. The molecule has 4 unspecified atom stereocenters. The molecular formula is C26H32FNO4. The zero-order valence-electron chi connectivity index (χ0n) is 18.8. The number of carboxylic acids is 1. The van der Waals surface area contributed by atoms with Gasteiger partial charge in [0.05, 0.1) is 26.3 Å². The summed E-state index contributed by atoms with van der Waals surface area (Å²) in [4.78, 5) is 15.2. The first kappa shape index (κ1) is 22.6. The number of aromatic nitrogens is 1. The highest BCUT2D eigenvalue weighted by Gasteiger charge is 2.34. The van der Waals surface area contributed by atoms with E-state index in [0.717, 1.165) is 43.4 Å². The summed E-state index contributed by atoms with van der Waals surface area (Å²) in [6.07, 6.45) is 6.41. The normalized spacial score (nSPS) is 24.0. The number of pyridine rings is 1. The van der Waals surface area contributed by atoms with E-state index in [-0.39, 0.29) is 24.1 Å². The van der Waals surface area contributed by atoms with E-state index in [9.17, 15) is 14.3 Å². The van der Waals surface area contributed by atoms with Gasteiger partial charge in [-0.3, -0.25) is 4.79 Å². The maximum absolute atomic E-state index is 14.3. The smallest absolute Gasteiger partial charge is 0.303 e. The summed E-state index contributed by atoms with van der Waals surface area (Å²) < 4.78 is 25.7. The van der Waals surface area contributed by atoms with Gasteiger partial charge in [-0.15, -0.1) is 0 Å². The van der Waals surface area contributed by atoms with Crippen molar-refractivity contribution in [2.24, 2.45) is 17.8 Å². The van der Waals surface area contributed by atoms with Gasteiger partial charge in [0.2, 0.25) is 5.88 Å². The van der Waals surface area contributed by atoms with Crippen molar-refractivity contribution in [1.29, 1.82) is 0 Å². The molecule has 1 heterocycles. The lowest BCUT2D eigenvalue weighted by atomic mass is 9.73. The van der Waals surface area contributed by atoms with Crippen molar-refractivity contribution in [2.75, 3.05) is 13.7 Å². The van der Waals surface area contributed by atoms with Gasteiger partial charge in [0.25, 0.3) is 0 Å². The van der Waals surface area contributed by atoms with Gasteiger partial charge in [0.15, 0.2) is 0 Å². The predicted octanol–water partition coefficient (Wildman–Crippen LogP) is 5.80. The molecule has 2 fully saturated rings.